The van der Waals surface area contributed by atoms with Crippen molar-refractivity contribution in [2.75, 3.05) is 39.0 Å². The number of carbonyl (C=O) groups excluding carboxylic acids is 2. The van der Waals surface area contributed by atoms with Crippen LogP contribution in [0.2, 0.25) is 0 Å². The highest BCUT2D eigenvalue weighted by atomic mass is 32.1. The molecule has 1 aliphatic heterocycles. The largest absolute Gasteiger partial charge is 0.495 e. The zero-order valence-corrected chi connectivity index (χ0v) is 20.2. The molecule has 1 aliphatic rings. The van der Waals surface area contributed by atoms with Gasteiger partial charge in [0, 0.05) is 55.7 Å². The molecule has 3 aromatic heterocycles. The Morgan fingerprint density at radius 2 is 2.00 bits per heavy atom. The average Bonchev–Trinajstić information content (AvgIpc) is 3.38. The van der Waals surface area contributed by atoms with Crippen LogP contribution in [-0.4, -0.2) is 69.9 Å². The van der Waals surface area contributed by atoms with Gasteiger partial charge in [0.1, 0.15) is 17.6 Å². The van der Waals surface area contributed by atoms with Crippen LogP contribution in [0.4, 0.5) is 5.82 Å². The maximum absolute atomic E-state index is 12.5. The van der Waals surface area contributed by atoms with Crippen molar-refractivity contribution in [3.8, 4) is 16.2 Å². The minimum absolute atomic E-state index is 0.0830. The van der Waals surface area contributed by atoms with E-state index < -0.39 is 0 Å². The second-order valence-corrected chi connectivity index (χ2v) is 9.59. The first-order valence-corrected chi connectivity index (χ1v) is 11.9. The lowest BCUT2D eigenvalue weighted by atomic mass is 10.1. The van der Waals surface area contributed by atoms with Crippen molar-refractivity contribution in [3.05, 3.63) is 41.3 Å². The van der Waals surface area contributed by atoms with Crippen LogP contribution in [0.15, 0.2) is 24.5 Å². The molecule has 0 saturated carbocycles. The predicted octanol–water partition coefficient (Wildman–Crippen LogP) is 2.99. The molecule has 0 aliphatic carbocycles. The zero-order chi connectivity index (χ0) is 24.0. The number of benzene rings is 1. The lowest BCUT2D eigenvalue weighted by Gasteiger charge is -2.34. The number of thiophene rings is 1. The first-order chi connectivity index (χ1) is 16.4. The number of piperazine rings is 1. The summed E-state index contributed by atoms with van der Waals surface area (Å²) in [5.74, 6) is 1.20. The monoisotopic (exact) mass is 478 g/mol. The number of ether oxygens (including phenoxy) is 1. The molecule has 0 atom stereocenters. The number of nitrogens with zero attached hydrogens (tertiary/aromatic N) is 5. The molecule has 0 spiro atoms. The molecule has 4 aromatic rings. The van der Waals surface area contributed by atoms with Gasteiger partial charge in [0.15, 0.2) is 12.1 Å². The molecule has 176 valence electrons. The Bertz CT molecular complexity index is 1420. The van der Waals surface area contributed by atoms with Gasteiger partial charge in [-0.15, -0.1) is 11.3 Å². The predicted molar refractivity (Wildman–Crippen MR) is 132 cm³/mol. The number of aryl methyl sites for hydroxylation is 1. The minimum Gasteiger partial charge on any atom is -0.495 e. The first kappa shape index (κ1) is 22.3. The minimum atomic E-state index is 0.0830. The summed E-state index contributed by atoms with van der Waals surface area (Å²) in [5.41, 5.74) is 10.1. The highest BCUT2D eigenvalue weighted by Crippen LogP contribution is 2.43. The van der Waals surface area contributed by atoms with Gasteiger partial charge in [0.2, 0.25) is 5.91 Å². The summed E-state index contributed by atoms with van der Waals surface area (Å²) >= 11 is 1.56. The summed E-state index contributed by atoms with van der Waals surface area (Å²) in [4.78, 5) is 33.4. The quantitative estimate of drug-likeness (QED) is 0.440. The molecule has 4 heterocycles. The molecule has 1 saturated heterocycles. The number of methoxy groups -OCH3 is 1. The molecule has 1 amide bonds. The molecule has 0 bridgehead atoms. The smallest absolute Gasteiger partial charge is 0.219 e. The third kappa shape index (κ3) is 3.68. The number of fused-ring (bicyclic) bond motifs is 2. The van der Waals surface area contributed by atoms with Gasteiger partial charge in [0.05, 0.1) is 17.5 Å². The average molecular weight is 479 g/mol. The Morgan fingerprint density at radius 1 is 1.24 bits per heavy atom. The number of aldehydes is 1. The van der Waals surface area contributed by atoms with Gasteiger partial charge in [-0.25, -0.2) is 9.50 Å². The van der Waals surface area contributed by atoms with Gasteiger partial charge in [-0.2, -0.15) is 5.10 Å². The molecule has 10 heteroatoms. The zero-order valence-electron chi connectivity index (χ0n) is 19.4. The second-order valence-electron chi connectivity index (χ2n) is 8.54. The Morgan fingerprint density at radius 3 is 2.68 bits per heavy atom. The highest BCUT2D eigenvalue weighted by molar-refractivity contribution is 7.22. The maximum atomic E-state index is 12.5. The van der Waals surface area contributed by atoms with Crippen molar-refractivity contribution in [1.29, 1.82) is 0 Å². The Balaban J connectivity index is 1.64. The number of aromatic nitrogens is 3. The Hall–Kier alpha value is -3.50. The van der Waals surface area contributed by atoms with E-state index in [4.69, 9.17) is 10.5 Å². The topological polar surface area (TPSA) is 106 Å². The summed E-state index contributed by atoms with van der Waals surface area (Å²) < 4.78 is 8.36. The molecule has 0 unspecified atom stereocenters. The molecule has 9 nitrogen and oxygen atoms in total. The van der Waals surface area contributed by atoms with Gasteiger partial charge in [-0.3, -0.25) is 14.5 Å². The number of amides is 1. The van der Waals surface area contributed by atoms with Crippen LogP contribution >= 0.6 is 11.3 Å². The van der Waals surface area contributed by atoms with Crippen molar-refractivity contribution in [2.45, 2.75) is 20.4 Å². The number of rotatable bonds is 5. The van der Waals surface area contributed by atoms with E-state index in [2.05, 4.69) is 27.1 Å². The number of carbonyl (C=O) groups is 2. The number of hydrogen-bond donors (Lipinski definition) is 1. The van der Waals surface area contributed by atoms with E-state index in [1.54, 1.807) is 29.9 Å². The fourth-order valence-corrected chi connectivity index (χ4v) is 5.88. The van der Waals surface area contributed by atoms with Gasteiger partial charge in [-0.1, -0.05) is 6.07 Å². The maximum Gasteiger partial charge on any atom is 0.219 e. The van der Waals surface area contributed by atoms with E-state index in [-0.39, 0.29) is 5.91 Å². The van der Waals surface area contributed by atoms with Gasteiger partial charge >= 0.3 is 0 Å². The van der Waals surface area contributed by atoms with Crippen molar-refractivity contribution in [2.24, 2.45) is 0 Å². The lowest BCUT2D eigenvalue weighted by Crippen LogP contribution is -2.47. The number of hydrogen-bond acceptors (Lipinski definition) is 8. The highest BCUT2D eigenvalue weighted by Gasteiger charge is 2.27. The van der Waals surface area contributed by atoms with Crippen LogP contribution in [0.25, 0.3) is 26.0 Å². The molecule has 34 heavy (non-hydrogen) atoms. The van der Waals surface area contributed by atoms with Gasteiger partial charge < -0.3 is 15.4 Å². The fraction of sp³-hybridized carbons (Fsp3) is 0.333. The van der Waals surface area contributed by atoms with Crippen LogP contribution in [0.5, 0.6) is 5.75 Å². The molecular weight excluding hydrogens is 452 g/mol. The second kappa shape index (κ2) is 8.69. The Kier molecular flexibility index (Phi) is 5.70. The summed E-state index contributed by atoms with van der Waals surface area (Å²) in [6.07, 6.45) is 2.30. The fourth-order valence-electron chi connectivity index (χ4n) is 4.69. The molecule has 1 aromatic carbocycles. The van der Waals surface area contributed by atoms with Gasteiger partial charge in [0.25, 0.3) is 0 Å². The van der Waals surface area contributed by atoms with Gasteiger partial charge in [-0.05, 0) is 30.0 Å². The van der Waals surface area contributed by atoms with Crippen molar-refractivity contribution >= 4 is 45.0 Å². The molecular formula is C24H26N6O3S. The molecule has 2 N–H and O–H groups in total. The number of anilines is 1. The summed E-state index contributed by atoms with van der Waals surface area (Å²) in [6, 6.07) is 6.18. The van der Waals surface area contributed by atoms with Crippen molar-refractivity contribution < 1.29 is 14.3 Å². The SMILES string of the molecule is COc1cc(C)cc2cc(-c3c(C=O)c(CN4CCN(C(C)=O)CC4)n4ncnc(N)c34)sc12. The van der Waals surface area contributed by atoms with Crippen LogP contribution < -0.4 is 10.5 Å². The van der Waals surface area contributed by atoms with E-state index in [1.165, 1.54) is 6.33 Å². The van der Waals surface area contributed by atoms with E-state index in [0.29, 0.717) is 36.5 Å². The third-order valence-corrected chi connectivity index (χ3v) is 7.58. The van der Waals surface area contributed by atoms with Crippen LogP contribution in [0.1, 0.15) is 28.5 Å². The van der Waals surface area contributed by atoms with Crippen LogP contribution in [0.3, 0.4) is 0 Å². The standard InChI is InChI=1S/C24H26N6O3S/c1-14-8-16-10-20(34-23(16)19(9-14)33-3)21-17(12-31)18(30-22(21)24(25)26-13-27-30)11-28-4-6-29(7-5-28)15(2)32/h8-10,12-13H,4-7,11H2,1-3H3,(H2,25,26,27). The van der Waals surface area contributed by atoms with E-state index >= 15 is 0 Å². The summed E-state index contributed by atoms with van der Waals surface area (Å²) in [7, 11) is 1.66. The normalized spacial score (nSPS) is 14.7. The van der Waals surface area contributed by atoms with E-state index in [9.17, 15) is 9.59 Å². The molecule has 1 fully saturated rings. The number of nitrogens with two attached hydrogens (primary N) is 1. The molecule has 0 radical (unpaired) electrons. The molecule has 5 rings (SSSR count). The summed E-state index contributed by atoms with van der Waals surface area (Å²) in [6.45, 7) is 6.91. The summed E-state index contributed by atoms with van der Waals surface area (Å²) in [5, 5.41) is 5.51. The number of nitrogen functional groups attached to an aromatic ring is 1. The van der Waals surface area contributed by atoms with E-state index in [0.717, 1.165) is 56.9 Å². The lowest BCUT2D eigenvalue weighted by molar-refractivity contribution is -0.130. The van der Waals surface area contributed by atoms with Crippen LogP contribution in [0, 0.1) is 6.92 Å². The third-order valence-electron chi connectivity index (χ3n) is 6.39. The van der Waals surface area contributed by atoms with E-state index in [1.807, 2.05) is 17.9 Å². The van der Waals surface area contributed by atoms with Crippen molar-refractivity contribution in [3.63, 3.8) is 0 Å². The Labute approximate surface area is 200 Å². The van der Waals surface area contributed by atoms with Crippen molar-refractivity contribution in [1.82, 2.24) is 24.4 Å². The van der Waals surface area contributed by atoms with Crippen LogP contribution in [-0.2, 0) is 11.3 Å². The first-order valence-electron chi connectivity index (χ1n) is 11.1.